The van der Waals surface area contributed by atoms with E-state index < -0.39 is 25.0 Å². The van der Waals surface area contributed by atoms with E-state index in [4.69, 9.17) is 4.74 Å². The predicted octanol–water partition coefficient (Wildman–Crippen LogP) is 0.761. The number of carbonyl (C=O) groups is 1. The van der Waals surface area contributed by atoms with Crippen molar-refractivity contribution in [3.8, 4) is 0 Å². The highest BCUT2D eigenvalue weighted by molar-refractivity contribution is 5.83. The summed E-state index contributed by atoms with van der Waals surface area (Å²) in [5, 5.41) is 19.1. The van der Waals surface area contributed by atoms with Gasteiger partial charge in [0.05, 0.1) is 18.6 Å². The molecular weight excluding hydrogens is 300 g/mol. The van der Waals surface area contributed by atoms with Gasteiger partial charge in [0.15, 0.2) is 11.4 Å². The summed E-state index contributed by atoms with van der Waals surface area (Å²) in [5.74, 6) is -0.327. The minimum Gasteiger partial charge on any atom is -0.394 e. The first-order valence-electron chi connectivity index (χ1n) is 7.73. The summed E-state index contributed by atoms with van der Waals surface area (Å²) in [6.07, 6.45) is 0.829. The van der Waals surface area contributed by atoms with Crippen LogP contribution in [-0.4, -0.2) is 54.3 Å². The molecule has 3 rings (SSSR count). The number of hydrogen-bond donors (Lipinski definition) is 2. The van der Waals surface area contributed by atoms with Crippen molar-refractivity contribution in [1.29, 1.82) is 0 Å². The van der Waals surface area contributed by atoms with E-state index in [0.29, 0.717) is 17.6 Å². The summed E-state index contributed by atoms with van der Waals surface area (Å²) in [7, 11) is 0. The van der Waals surface area contributed by atoms with Crippen LogP contribution in [0.2, 0.25) is 0 Å². The van der Waals surface area contributed by atoms with E-state index >= 15 is 0 Å². The second-order valence-electron chi connectivity index (χ2n) is 5.04. The summed E-state index contributed by atoms with van der Waals surface area (Å²) in [6, 6.07) is 0. The number of fused-ring (bicyclic) bond motifs is 1. The molecule has 1 aliphatic heterocycles. The number of aliphatic hydroxyl groups is 2. The van der Waals surface area contributed by atoms with Gasteiger partial charge in [0, 0.05) is 6.42 Å². The average molecular weight is 322 g/mol. The van der Waals surface area contributed by atoms with Gasteiger partial charge >= 0.3 is 0 Å². The fourth-order valence-electron chi connectivity index (χ4n) is 2.49. The Morgan fingerprint density at radius 2 is 2.09 bits per heavy atom. The zero-order chi connectivity index (χ0) is 17.0. The van der Waals surface area contributed by atoms with Crippen LogP contribution in [0.1, 0.15) is 38.6 Å². The van der Waals surface area contributed by atoms with E-state index in [1.807, 2.05) is 20.8 Å². The number of aromatic nitrogens is 4. The number of ether oxygens (including phenoxy) is 1. The van der Waals surface area contributed by atoms with Crippen molar-refractivity contribution in [2.24, 2.45) is 0 Å². The third-order valence-corrected chi connectivity index (χ3v) is 3.68. The Bertz CT molecular complexity index is 673. The molecule has 8 heteroatoms. The third kappa shape index (κ3) is 3.39. The van der Waals surface area contributed by atoms with Crippen molar-refractivity contribution in [2.75, 3.05) is 6.61 Å². The topological polar surface area (TPSA) is 110 Å². The minimum absolute atomic E-state index is 0.173. The Kier molecular flexibility index (Phi) is 5.75. The molecule has 0 saturated carbocycles. The quantitative estimate of drug-likeness (QED) is 0.839. The second kappa shape index (κ2) is 7.58. The lowest BCUT2D eigenvalue weighted by atomic mass is 10.1. The number of nitrogens with zero attached hydrogens (tertiary/aromatic N) is 4. The second-order valence-corrected chi connectivity index (χ2v) is 5.04. The molecule has 8 nitrogen and oxygen atoms in total. The molecule has 3 unspecified atom stereocenters. The van der Waals surface area contributed by atoms with E-state index in [9.17, 15) is 15.0 Å². The molecule has 1 aliphatic rings. The molecular formula is C15H22N4O4. The van der Waals surface area contributed by atoms with Crippen LogP contribution in [0.25, 0.3) is 11.2 Å². The normalized spacial score (nSPS) is 24.9. The molecule has 0 bridgehead atoms. The van der Waals surface area contributed by atoms with Gasteiger partial charge in [-0.3, -0.25) is 9.36 Å². The lowest BCUT2D eigenvalue weighted by Gasteiger charge is -2.23. The Morgan fingerprint density at radius 3 is 2.78 bits per heavy atom. The van der Waals surface area contributed by atoms with Gasteiger partial charge in [-0.15, -0.1) is 0 Å². The molecule has 3 heterocycles. The zero-order valence-corrected chi connectivity index (χ0v) is 13.5. The first-order chi connectivity index (χ1) is 11.1. The molecule has 0 aromatic carbocycles. The zero-order valence-electron chi connectivity index (χ0n) is 13.5. The fourth-order valence-corrected chi connectivity index (χ4v) is 2.49. The summed E-state index contributed by atoms with van der Waals surface area (Å²) >= 11 is 0. The molecule has 0 aliphatic carbocycles. The average Bonchev–Trinajstić information content (AvgIpc) is 2.96. The summed E-state index contributed by atoms with van der Waals surface area (Å²) in [4.78, 5) is 24.3. The van der Waals surface area contributed by atoms with Gasteiger partial charge in [0.25, 0.3) is 0 Å². The Balaban J connectivity index is 0.000000924. The summed E-state index contributed by atoms with van der Waals surface area (Å²) in [5.41, 5.74) is 2.02. The number of Topliss-reactive ketones (excluding diaryl/α,β-unsaturated/α-hetero) is 1. The van der Waals surface area contributed by atoms with Crippen molar-refractivity contribution in [3.05, 3.63) is 18.3 Å². The maximum Gasteiger partial charge on any atom is 0.165 e. The molecule has 1 fully saturated rings. The van der Waals surface area contributed by atoms with Crippen LogP contribution in [0.4, 0.5) is 0 Å². The number of aryl methyl sites for hydroxylation is 1. The molecule has 0 amide bonds. The third-order valence-electron chi connectivity index (χ3n) is 3.68. The molecule has 23 heavy (non-hydrogen) atoms. The maximum atomic E-state index is 11.7. The number of aliphatic hydroxyl groups excluding tert-OH is 2. The van der Waals surface area contributed by atoms with Crippen LogP contribution in [0, 0.1) is 6.92 Å². The van der Waals surface area contributed by atoms with Crippen LogP contribution in [0.15, 0.2) is 12.7 Å². The highest BCUT2D eigenvalue weighted by atomic mass is 16.5. The molecule has 126 valence electrons. The maximum absolute atomic E-state index is 11.7. The van der Waals surface area contributed by atoms with E-state index in [-0.39, 0.29) is 12.2 Å². The highest BCUT2D eigenvalue weighted by Crippen LogP contribution is 2.27. The molecule has 0 radical (unpaired) electrons. The number of imidazole rings is 1. The van der Waals surface area contributed by atoms with Crippen molar-refractivity contribution < 1.29 is 19.7 Å². The Hall–Kier alpha value is -1.90. The highest BCUT2D eigenvalue weighted by Gasteiger charge is 2.34. The van der Waals surface area contributed by atoms with Crippen LogP contribution in [0.5, 0.6) is 0 Å². The predicted molar refractivity (Wildman–Crippen MR) is 82.7 cm³/mol. The largest absolute Gasteiger partial charge is 0.394 e. The smallest absolute Gasteiger partial charge is 0.165 e. The number of rotatable bonds is 2. The lowest BCUT2D eigenvalue weighted by Crippen LogP contribution is -2.37. The monoisotopic (exact) mass is 322 g/mol. The fraction of sp³-hybridized carbons (Fsp3) is 0.600. The van der Waals surface area contributed by atoms with Gasteiger partial charge in [-0.05, 0) is 13.3 Å². The molecule has 0 spiro atoms. The van der Waals surface area contributed by atoms with Crippen LogP contribution in [0.3, 0.4) is 0 Å². The van der Waals surface area contributed by atoms with Gasteiger partial charge in [0.1, 0.15) is 30.3 Å². The van der Waals surface area contributed by atoms with Crippen molar-refractivity contribution >= 4 is 16.9 Å². The SMILES string of the molecule is CC.Cc1ncnc2c1ncn2C1CCC(=O)C(O)C(CO)O1. The molecule has 2 aromatic heterocycles. The van der Waals surface area contributed by atoms with Crippen LogP contribution < -0.4 is 0 Å². The minimum atomic E-state index is -1.30. The number of hydrogen-bond acceptors (Lipinski definition) is 7. The van der Waals surface area contributed by atoms with Gasteiger partial charge < -0.3 is 14.9 Å². The van der Waals surface area contributed by atoms with E-state index in [1.165, 1.54) is 6.33 Å². The molecule has 3 atom stereocenters. The first kappa shape index (κ1) is 17.5. The molecule has 1 saturated heterocycles. The van der Waals surface area contributed by atoms with Gasteiger partial charge in [-0.1, -0.05) is 13.8 Å². The Morgan fingerprint density at radius 1 is 1.35 bits per heavy atom. The molecule has 2 aromatic rings. The lowest BCUT2D eigenvalue weighted by molar-refractivity contribution is -0.140. The van der Waals surface area contributed by atoms with Crippen molar-refractivity contribution in [3.63, 3.8) is 0 Å². The van der Waals surface area contributed by atoms with E-state index in [0.717, 1.165) is 5.69 Å². The van der Waals surface area contributed by atoms with Crippen LogP contribution >= 0.6 is 0 Å². The number of ketones is 1. The summed E-state index contributed by atoms with van der Waals surface area (Å²) < 4.78 is 7.38. The standard InChI is InChI=1S/C13H16N4O4.C2H6/c1-7-11-13(15-5-14-7)17(6-16-11)10-3-2-8(19)12(20)9(4-18)21-10;1-2/h5-6,9-10,12,18,20H,2-4H2,1H3;1-2H3. The molecule has 2 N–H and O–H groups in total. The van der Waals surface area contributed by atoms with Crippen molar-refractivity contribution in [1.82, 2.24) is 19.5 Å². The van der Waals surface area contributed by atoms with E-state index in [2.05, 4.69) is 15.0 Å². The number of carbonyl (C=O) groups excluding carboxylic acids is 1. The van der Waals surface area contributed by atoms with Crippen molar-refractivity contribution in [2.45, 2.75) is 52.0 Å². The van der Waals surface area contributed by atoms with Gasteiger partial charge in [-0.25, -0.2) is 15.0 Å². The first-order valence-corrected chi connectivity index (χ1v) is 7.73. The Labute approximate surface area is 134 Å². The van der Waals surface area contributed by atoms with Crippen LogP contribution in [-0.2, 0) is 9.53 Å². The van der Waals surface area contributed by atoms with Gasteiger partial charge in [0.2, 0.25) is 0 Å². The van der Waals surface area contributed by atoms with Gasteiger partial charge in [-0.2, -0.15) is 0 Å². The summed E-state index contributed by atoms with van der Waals surface area (Å²) in [6.45, 7) is 5.41. The van der Waals surface area contributed by atoms with E-state index in [1.54, 1.807) is 10.9 Å².